The van der Waals surface area contributed by atoms with Gasteiger partial charge in [0.1, 0.15) is 17.3 Å². The number of nitrogens with one attached hydrogen (secondary N) is 1. The molecule has 9 heteroatoms. The van der Waals surface area contributed by atoms with Gasteiger partial charge in [-0.1, -0.05) is 6.07 Å². The smallest absolute Gasteiger partial charge is 0.259 e. The van der Waals surface area contributed by atoms with Crippen molar-refractivity contribution in [1.82, 2.24) is 15.0 Å². The van der Waals surface area contributed by atoms with E-state index in [4.69, 9.17) is 4.74 Å². The van der Waals surface area contributed by atoms with E-state index >= 15 is 0 Å². The summed E-state index contributed by atoms with van der Waals surface area (Å²) in [7, 11) is 1.52. The van der Waals surface area contributed by atoms with Crippen LogP contribution < -0.4 is 10.1 Å². The van der Waals surface area contributed by atoms with Crippen LogP contribution in [0.4, 0.5) is 13.9 Å². The summed E-state index contributed by atoms with van der Waals surface area (Å²) >= 11 is 1.22. The Morgan fingerprint density at radius 2 is 1.83 bits per heavy atom. The van der Waals surface area contributed by atoms with Crippen molar-refractivity contribution >= 4 is 22.4 Å². The number of nitrogens with zero attached hydrogens (tertiary/aromatic N) is 3. The lowest BCUT2D eigenvalue weighted by Gasteiger charge is -2.08. The van der Waals surface area contributed by atoms with Crippen LogP contribution in [0.1, 0.15) is 10.4 Å². The molecule has 3 aromatic heterocycles. The number of methoxy groups -OCH3 is 1. The second kappa shape index (κ2) is 8.34. The number of carbonyl (C=O) groups excluding carboxylic acids is 1. The summed E-state index contributed by atoms with van der Waals surface area (Å²) in [6.07, 6.45) is 1.45. The first-order valence-corrected chi connectivity index (χ1v) is 9.61. The minimum atomic E-state index is -0.752. The van der Waals surface area contributed by atoms with Gasteiger partial charge in [0.25, 0.3) is 5.91 Å². The van der Waals surface area contributed by atoms with Crippen molar-refractivity contribution in [3.63, 3.8) is 0 Å². The van der Waals surface area contributed by atoms with Crippen LogP contribution in [-0.2, 0) is 0 Å². The van der Waals surface area contributed by atoms with E-state index in [0.717, 1.165) is 18.2 Å². The number of rotatable bonds is 5. The first-order valence-electron chi connectivity index (χ1n) is 8.73. The van der Waals surface area contributed by atoms with Gasteiger partial charge in [-0.25, -0.2) is 18.7 Å². The molecule has 0 spiro atoms. The second-order valence-electron chi connectivity index (χ2n) is 6.11. The van der Waals surface area contributed by atoms with E-state index in [-0.39, 0.29) is 16.8 Å². The van der Waals surface area contributed by atoms with E-state index in [1.54, 1.807) is 29.6 Å². The largest absolute Gasteiger partial charge is 0.481 e. The normalized spacial score (nSPS) is 10.6. The number of amides is 1. The van der Waals surface area contributed by atoms with Gasteiger partial charge in [0.05, 0.1) is 24.1 Å². The van der Waals surface area contributed by atoms with Gasteiger partial charge in [0.15, 0.2) is 5.13 Å². The number of carbonyl (C=O) groups is 1. The second-order valence-corrected chi connectivity index (χ2v) is 6.97. The van der Waals surface area contributed by atoms with E-state index < -0.39 is 17.5 Å². The highest BCUT2D eigenvalue weighted by Crippen LogP contribution is 2.27. The molecule has 6 nitrogen and oxygen atoms in total. The number of thiazole rings is 1. The summed E-state index contributed by atoms with van der Waals surface area (Å²) in [5, 5.41) is 4.80. The molecule has 0 aliphatic carbocycles. The molecule has 0 aliphatic rings. The quantitative estimate of drug-likeness (QED) is 0.498. The third-order valence-corrected chi connectivity index (χ3v) is 4.87. The van der Waals surface area contributed by atoms with Gasteiger partial charge < -0.3 is 4.74 Å². The Labute approximate surface area is 174 Å². The fourth-order valence-electron chi connectivity index (χ4n) is 2.79. The molecule has 0 saturated carbocycles. The molecule has 0 fully saturated rings. The lowest BCUT2D eigenvalue weighted by molar-refractivity contribution is 0.102. The molecule has 0 bridgehead atoms. The predicted octanol–water partition coefficient (Wildman–Crippen LogP) is 4.81. The number of ether oxygens (including phenoxy) is 1. The van der Waals surface area contributed by atoms with Gasteiger partial charge >= 0.3 is 0 Å². The standard InChI is InChI=1S/C21H14F2N4O2S/c1-29-18-6-2-5-16(25-18)17-11-30-21(26-17)27-20(28)15-4-3-7-24-19(15)12-8-13(22)10-14(23)9-12/h2-11H,1H3,(H,26,27,28). The Morgan fingerprint density at radius 1 is 1.03 bits per heavy atom. The van der Waals surface area contributed by atoms with Crippen molar-refractivity contribution in [3.05, 3.63) is 77.3 Å². The highest BCUT2D eigenvalue weighted by Gasteiger charge is 2.17. The van der Waals surface area contributed by atoms with Gasteiger partial charge in [-0.3, -0.25) is 15.1 Å². The predicted molar refractivity (Wildman–Crippen MR) is 109 cm³/mol. The molecule has 4 rings (SSSR count). The van der Waals surface area contributed by atoms with Gasteiger partial charge in [-0.15, -0.1) is 11.3 Å². The maximum absolute atomic E-state index is 13.6. The highest BCUT2D eigenvalue weighted by atomic mass is 32.1. The summed E-state index contributed by atoms with van der Waals surface area (Å²) < 4.78 is 32.4. The first kappa shape index (κ1) is 19.6. The van der Waals surface area contributed by atoms with Gasteiger partial charge in [-0.05, 0) is 30.3 Å². The number of hydrogen-bond acceptors (Lipinski definition) is 6. The minimum absolute atomic E-state index is 0.165. The van der Waals surface area contributed by atoms with E-state index in [0.29, 0.717) is 22.4 Å². The zero-order valence-corrected chi connectivity index (χ0v) is 16.4. The summed E-state index contributed by atoms with van der Waals surface area (Å²) in [5.41, 5.74) is 1.67. The molecule has 3 heterocycles. The van der Waals surface area contributed by atoms with Crippen molar-refractivity contribution < 1.29 is 18.3 Å². The average molecular weight is 424 g/mol. The molecule has 0 aliphatic heterocycles. The molecule has 0 unspecified atom stereocenters. The SMILES string of the molecule is COc1cccc(-c2csc(NC(=O)c3cccnc3-c3cc(F)cc(F)c3)n2)n1. The summed E-state index contributed by atoms with van der Waals surface area (Å²) in [5.74, 6) is -1.55. The Hall–Kier alpha value is -3.72. The molecule has 4 aromatic rings. The van der Waals surface area contributed by atoms with E-state index in [1.807, 2.05) is 0 Å². The number of aromatic nitrogens is 3. The lowest BCUT2D eigenvalue weighted by Crippen LogP contribution is -2.13. The van der Waals surface area contributed by atoms with Gasteiger partial charge in [0, 0.05) is 29.3 Å². The van der Waals surface area contributed by atoms with Crippen LogP contribution in [0.3, 0.4) is 0 Å². The summed E-state index contributed by atoms with van der Waals surface area (Å²) in [6, 6.07) is 11.4. The fourth-order valence-corrected chi connectivity index (χ4v) is 3.49. The van der Waals surface area contributed by atoms with Crippen molar-refractivity contribution in [3.8, 4) is 28.5 Å². The molecule has 1 N–H and O–H groups in total. The Bertz CT molecular complexity index is 1210. The maximum Gasteiger partial charge on any atom is 0.259 e. The molecular formula is C21H14F2N4O2S. The number of anilines is 1. The molecule has 30 heavy (non-hydrogen) atoms. The van der Waals surface area contributed by atoms with E-state index in [1.165, 1.54) is 30.7 Å². The molecule has 1 amide bonds. The van der Waals surface area contributed by atoms with Crippen LogP contribution in [0.5, 0.6) is 5.88 Å². The van der Waals surface area contributed by atoms with Crippen molar-refractivity contribution in [2.24, 2.45) is 0 Å². The monoisotopic (exact) mass is 424 g/mol. The van der Waals surface area contributed by atoms with Crippen molar-refractivity contribution in [2.75, 3.05) is 12.4 Å². The lowest BCUT2D eigenvalue weighted by atomic mass is 10.0. The zero-order chi connectivity index (χ0) is 21.1. The molecule has 1 aromatic carbocycles. The van der Waals surface area contributed by atoms with E-state index in [2.05, 4.69) is 20.3 Å². The Morgan fingerprint density at radius 3 is 2.60 bits per heavy atom. The molecule has 0 saturated heterocycles. The highest BCUT2D eigenvalue weighted by molar-refractivity contribution is 7.14. The third-order valence-electron chi connectivity index (χ3n) is 4.11. The Balaban J connectivity index is 1.60. The summed E-state index contributed by atoms with van der Waals surface area (Å²) in [6.45, 7) is 0. The van der Waals surface area contributed by atoms with Crippen LogP contribution >= 0.6 is 11.3 Å². The first-order chi connectivity index (χ1) is 14.5. The number of benzene rings is 1. The Kier molecular flexibility index (Phi) is 5.44. The number of halogens is 2. The fraction of sp³-hybridized carbons (Fsp3) is 0.0476. The van der Waals surface area contributed by atoms with Crippen LogP contribution in [-0.4, -0.2) is 28.0 Å². The van der Waals surface area contributed by atoms with Crippen molar-refractivity contribution in [1.29, 1.82) is 0 Å². The molecule has 150 valence electrons. The molecular weight excluding hydrogens is 410 g/mol. The zero-order valence-electron chi connectivity index (χ0n) is 15.6. The minimum Gasteiger partial charge on any atom is -0.481 e. The number of hydrogen-bond donors (Lipinski definition) is 1. The maximum atomic E-state index is 13.6. The third kappa shape index (κ3) is 4.15. The van der Waals surface area contributed by atoms with Crippen LogP contribution in [0.15, 0.2) is 60.1 Å². The summed E-state index contributed by atoms with van der Waals surface area (Å²) in [4.78, 5) is 25.6. The van der Waals surface area contributed by atoms with E-state index in [9.17, 15) is 13.6 Å². The molecule has 0 atom stereocenters. The van der Waals surface area contributed by atoms with Crippen LogP contribution in [0, 0.1) is 11.6 Å². The van der Waals surface area contributed by atoms with Crippen LogP contribution in [0.25, 0.3) is 22.6 Å². The topological polar surface area (TPSA) is 77.0 Å². The number of pyridine rings is 2. The molecule has 0 radical (unpaired) electrons. The average Bonchev–Trinajstić information content (AvgIpc) is 3.21. The van der Waals surface area contributed by atoms with Crippen molar-refractivity contribution in [2.45, 2.75) is 0 Å². The van der Waals surface area contributed by atoms with Gasteiger partial charge in [0.2, 0.25) is 5.88 Å². The van der Waals surface area contributed by atoms with Crippen LogP contribution in [0.2, 0.25) is 0 Å². The van der Waals surface area contributed by atoms with Gasteiger partial charge in [-0.2, -0.15) is 0 Å².